The number of hydrogen-bond donors (Lipinski definition) is 1. The predicted octanol–water partition coefficient (Wildman–Crippen LogP) is -2.23. The summed E-state index contributed by atoms with van der Waals surface area (Å²) < 4.78 is 29.0. The second kappa shape index (κ2) is 11.2. The molecule has 5 nitrogen and oxygen atoms in total. The second-order valence-electron chi connectivity index (χ2n) is 3.40. The van der Waals surface area contributed by atoms with Gasteiger partial charge in [0.2, 0.25) is 0 Å². The maximum absolute atomic E-state index is 11.0. The summed E-state index contributed by atoms with van der Waals surface area (Å²) in [4.78, 5) is 3.46. The van der Waals surface area contributed by atoms with Crippen LogP contribution in [-0.4, -0.2) is 31.2 Å². The number of allylic oxidation sites excluding steroid dienone is 1. The van der Waals surface area contributed by atoms with E-state index in [0.29, 0.717) is 0 Å². The average molecular weight is 271 g/mol. The summed E-state index contributed by atoms with van der Waals surface area (Å²) in [6, 6.07) is 0. The van der Waals surface area contributed by atoms with Crippen LogP contribution in [0.5, 0.6) is 0 Å². The second-order valence-corrected chi connectivity index (χ2v) is 4.98. The molecule has 94 valence electrons. The van der Waals surface area contributed by atoms with E-state index in [2.05, 4.69) is 11.9 Å². The van der Waals surface area contributed by atoms with Crippen LogP contribution in [-0.2, 0) is 10.1 Å². The molecule has 0 heterocycles. The zero-order valence-electron chi connectivity index (χ0n) is 10.4. The van der Waals surface area contributed by atoms with E-state index in [1.165, 1.54) is 6.08 Å². The normalized spacial score (nSPS) is 12.7. The summed E-state index contributed by atoms with van der Waals surface area (Å²) in [5.74, 6) is -0.970. The summed E-state index contributed by atoms with van der Waals surface area (Å²) in [5.41, 5.74) is 0. The van der Waals surface area contributed by atoms with Crippen molar-refractivity contribution in [2.75, 3.05) is 12.3 Å². The minimum atomic E-state index is -4.02. The van der Waals surface area contributed by atoms with Crippen molar-refractivity contribution < 1.29 is 47.6 Å². The zero-order chi connectivity index (χ0) is 12.4. The zero-order valence-corrected chi connectivity index (χ0v) is 13.2. The van der Waals surface area contributed by atoms with Crippen molar-refractivity contribution in [2.45, 2.75) is 32.6 Å². The van der Waals surface area contributed by atoms with Crippen molar-refractivity contribution in [1.82, 2.24) is 0 Å². The third-order valence-electron chi connectivity index (χ3n) is 1.85. The van der Waals surface area contributed by atoms with Gasteiger partial charge in [-0.25, -0.2) is 0 Å². The third-order valence-corrected chi connectivity index (χ3v) is 2.55. The summed E-state index contributed by atoms with van der Waals surface area (Å²) in [5, 5.41) is 11.0. The van der Waals surface area contributed by atoms with Crippen LogP contribution in [0.3, 0.4) is 0 Å². The predicted molar refractivity (Wildman–Crippen MR) is 62.0 cm³/mol. The Hall–Kier alpha value is 0.120. The molecule has 0 aliphatic carbocycles. The maximum Gasteiger partial charge on any atom is 1.00 e. The van der Waals surface area contributed by atoms with Crippen molar-refractivity contribution in [1.29, 1.82) is 0 Å². The molecule has 0 saturated heterocycles. The molecule has 1 N–H and O–H groups in total. The van der Waals surface area contributed by atoms with Crippen LogP contribution in [0.25, 0.3) is 0 Å². The molecule has 0 atom stereocenters. The van der Waals surface area contributed by atoms with Gasteiger partial charge in [0.15, 0.2) is 0 Å². The van der Waals surface area contributed by atoms with Gasteiger partial charge in [0.05, 0.1) is 12.3 Å². The molecular formula is C10H18NNaO4S. The largest absolute Gasteiger partial charge is 1.00 e. The van der Waals surface area contributed by atoms with Crippen molar-refractivity contribution in [3.8, 4) is 0 Å². The standard InChI is InChI=1S/C10H19NO4S.Na/c1-2-3-4-5-6-7-10(12)11-8-9-16(13,14)15;/h6-7H,2-5,8-9H2,1H3,(H,11,12)(H,13,14,15);/q;+1/p-1/b7-6+;. The quantitative estimate of drug-likeness (QED) is 0.178. The molecule has 0 aliphatic rings. The van der Waals surface area contributed by atoms with Crippen LogP contribution >= 0.6 is 0 Å². The van der Waals surface area contributed by atoms with E-state index in [-0.39, 0.29) is 36.1 Å². The fourth-order valence-electron chi connectivity index (χ4n) is 1.02. The van der Waals surface area contributed by atoms with Crippen molar-refractivity contribution >= 4 is 16.0 Å². The smallest absolute Gasteiger partial charge is 0.859 e. The van der Waals surface area contributed by atoms with Crippen molar-refractivity contribution in [3.05, 3.63) is 12.2 Å². The maximum atomic E-state index is 11.0. The van der Waals surface area contributed by atoms with Gasteiger partial charge in [-0.3, -0.25) is 9.55 Å². The molecular weight excluding hydrogens is 253 g/mol. The number of aliphatic imine (C=N–C) groups is 1. The van der Waals surface area contributed by atoms with Crippen molar-refractivity contribution in [2.24, 2.45) is 4.99 Å². The molecule has 0 bridgehead atoms. The molecule has 0 aromatic heterocycles. The van der Waals surface area contributed by atoms with E-state index in [9.17, 15) is 13.5 Å². The molecule has 0 amide bonds. The Labute approximate surface area is 125 Å². The molecule has 0 unspecified atom stereocenters. The molecule has 0 aromatic carbocycles. The number of unbranched alkanes of at least 4 members (excludes halogenated alkanes) is 3. The first-order chi connectivity index (χ1) is 7.45. The Bertz CT molecular complexity index is 338. The van der Waals surface area contributed by atoms with Gasteiger partial charge >= 0.3 is 29.6 Å². The summed E-state index contributed by atoms with van der Waals surface area (Å²) in [6.45, 7) is 1.90. The fraction of sp³-hybridized carbons (Fsp3) is 0.700. The summed E-state index contributed by atoms with van der Waals surface area (Å²) in [6.07, 6.45) is 7.17. The first-order valence-corrected chi connectivity index (χ1v) is 6.90. The third kappa shape index (κ3) is 16.1. The molecule has 0 saturated carbocycles. The molecule has 0 aromatic rings. The van der Waals surface area contributed by atoms with Crippen LogP contribution in [0.4, 0.5) is 0 Å². The average Bonchev–Trinajstić information content (AvgIpc) is 2.15. The van der Waals surface area contributed by atoms with Gasteiger partial charge < -0.3 is 5.11 Å². The topological polar surface area (TPSA) is 89.8 Å². The Kier molecular flexibility index (Phi) is 12.8. The van der Waals surface area contributed by atoms with Gasteiger partial charge in [-0.2, -0.15) is 8.42 Å². The van der Waals surface area contributed by atoms with Crippen LogP contribution in [0.1, 0.15) is 32.6 Å². The molecule has 7 heteroatoms. The molecule has 0 fully saturated rings. The first kappa shape index (κ1) is 19.5. The van der Waals surface area contributed by atoms with Crippen LogP contribution in [0.2, 0.25) is 0 Å². The molecule has 0 rings (SSSR count). The fourth-order valence-corrected chi connectivity index (χ4v) is 1.34. The first-order valence-electron chi connectivity index (χ1n) is 5.29. The molecule has 0 spiro atoms. The summed E-state index contributed by atoms with van der Waals surface area (Å²) >= 11 is 0. The van der Waals surface area contributed by atoms with E-state index < -0.39 is 21.8 Å². The molecule has 0 radical (unpaired) electrons. The van der Waals surface area contributed by atoms with E-state index in [1.54, 1.807) is 6.08 Å². The van der Waals surface area contributed by atoms with Gasteiger partial charge in [0.25, 0.3) is 10.1 Å². The van der Waals surface area contributed by atoms with Crippen LogP contribution in [0.15, 0.2) is 17.1 Å². The number of hydrogen-bond acceptors (Lipinski definition) is 4. The van der Waals surface area contributed by atoms with E-state index in [0.717, 1.165) is 25.7 Å². The molecule has 0 aliphatic heterocycles. The Morgan fingerprint density at radius 2 is 2.06 bits per heavy atom. The summed E-state index contributed by atoms with van der Waals surface area (Å²) in [7, 11) is -4.02. The number of rotatable bonds is 8. The Balaban J connectivity index is 0. The SMILES string of the molecule is CCCCC/C=C/C([O-])=NCCS(=O)(=O)O.[Na+]. The van der Waals surface area contributed by atoms with E-state index in [1.807, 2.05) is 0 Å². The van der Waals surface area contributed by atoms with E-state index >= 15 is 0 Å². The van der Waals surface area contributed by atoms with Gasteiger partial charge in [0.1, 0.15) is 0 Å². The van der Waals surface area contributed by atoms with Gasteiger partial charge in [0, 0.05) is 0 Å². The molecule has 17 heavy (non-hydrogen) atoms. The van der Waals surface area contributed by atoms with Gasteiger partial charge in [-0.05, 0) is 18.7 Å². The van der Waals surface area contributed by atoms with Crippen LogP contribution in [0, 0.1) is 0 Å². The number of nitrogens with zero attached hydrogens (tertiary/aromatic N) is 1. The monoisotopic (exact) mass is 271 g/mol. The Morgan fingerprint density at radius 3 is 2.59 bits per heavy atom. The van der Waals surface area contributed by atoms with Gasteiger partial charge in [-0.1, -0.05) is 31.9 Å². The van der Waals surface area contributed by atoms with Gasteiger partial charge in [-0.15, -0.1) is 0 Å². The van der Waals surface area contributed by atoms with Crippen LogP contribution < -0.4 is 34.7 Å². The van der Waals surface area contributed by atoms with E-state index in [4.69, 9.17) is 4.55 Å². The minimum absolute atomic E-state index is 0. The minimum Gasteiger partial charge on any atom is -0.859 e. The Morgan fingerprint density at radius 1 is 1.41 bits per heavy atom. The van der Waals surface area contributed by atoms with Crippen molar-refractivity contribution in [3.63, 3.8) is 0 Å².